The van der Waals surface area contributed by atoms with E-state index >= 15 is 0 Å². The van der Waals surface area contributed by atoms with E-state index in [-0.39, 0.29) is 0 Å². The van der Waals surface area contributed by atoms with Crippen LogP contribution in [-0.4, -0.2) is 7.05 Å². The van der Waals surface area contributed by atoms with Crippen LogP contribution in [-0.2, 0) is 4.74 Å². The van der Waals surface area contributed by atoms with E-state index in [4.69, 9.17) is 4.74 Å². The van der Waals surface area contributed by atoms with Gasteiger partial charge >= 0.3 is 0 Å². The van der Waals surface area contributed by atoms with Crippen molar-refractivity contribution in [3.05, 3.63) is 49.1 Å². The van der Waals surface area contributed by atoms with Crippen molar-refractivity contribution in [3.8, 4) is 0 Å². The predicted octanol–water partition coefficient (Wildman–Crippen LogP) is 2.34. The number of nitrogens with one attached hydrogen (secondary N) is 1. The molecule has 0 aromatic heterocycles. The molecule has 12 heavy (non-hydrogen) atoms. The molecule has 0 atom stereocenters. The molecular weight excluding hydrogens is 150 g/mol. The van der Waals surface area contributed by atoms with Crippen molar-refractivity contribution in [2.24, 2.45) is 0 Å². The zero-order valence-electron chi connectivity index (χ0n) is 7.63. The third-order valence-electron chi connectivity index (χ3n) is 1.11. The Bertz CT molecular complexity index is 214. The lowest BCUT2D eigenvalue weighted by Crippen LogP contribution is -1.90. The highest BCUT2D eigenvalue weighted by Crippen LogP contribution is 2.03. The van der Waals surface area contributed by atoms with Gasteiger partial charge in [-0.3, -0.25) is 0 Å². The van der Waals surface area contributed by atoms with E-state index < -0.39 is 0 Å². The van der Waals surface area contributed by atoms with Gasteiger partial charge in [0.25, 0.3) is 0 Å². The van der Waals surface area contributed by atoms with Crippen molar-refractivity contribution < 1.29 is 4.74 Å². The van der Waals surface area contributed by atoms with Gasteiger partial charge in [0.05, 0.1) is 0 Å². The molecule has 0 bridgehead atoms. The van der Waals surface area contributed by atoms with E-state index in [1.54, 1.807) is 6.08 Å². The first-order valence-corrected chi connectivity index (χ1v) is 3.70. The Morgan fingerprint density at radius 1 is 1.50 bits per heavy atom. The molecule has 0 rings (SSSR count). The van der Waals surface area contributed by atoms with Crippen LogP contribution in [0, 0.1) is 0 Å². The molecule has 0 aliphatic heterocycles. The SMILES string of the molecule is C=CC(=C)O/C(C)=C/C=C\NC. The van der Waals surface area contributed by atoms with Crippen molar-refractivity contribution in [1.29, 1.82) is 0 Å². The van der Waals surface area contributed by atoms with Gasteiger partial charge < -0.3 is 10.1 Å². The Balaban J connectivity index is 3.93. The molecule has 0 saturated heterocycles. The first kappa shape index (κ1) is 10.6. The largest absolute Gasteiger partial charge is 0.463 e. The molecule has 0 spiro atoms. The molecule has 0 amide bonds. The lowest BCUT2D eigenvalue weighted by molar-refractivity contribution is 0.324. The smallest absolute Gasteiger partial charge is 0.119 e. The zero-order chi connectivity index (χ0) is 9.40. The molecule has 0 fully saturated rings. The summed E-state index contributed by atoms with van der Waals surface area (Å²) in [6.07, 6.45) is 7.07. The van der Waals surface area contributed by atoms with Crippen molar-refractivity contribution in [3.63, 3.8) is 0 Å². The van der Waals surface area contributed by atoms with Gasteiger partial charge in [0.15, 0.2) is 0 Å². The Hall–Kier alpha value is -1.44. The lowest BCUT2D eigenvalue weighted by atomic mass is 10.4. The second kappa shape index (κ2) is 6.28. The molecule has 0 aromatic carbocycles. The number of rotatable bonds is 5. The summed E-state index contributed by atoms with van der Waals surface area (Å²) in [7, 11) is 1.84. The second-order valence-electron chi connectivity index (χ2n) is 2.20. The second-order valence-corrected chi connectivity index (χ2v) is 2.20. The standard InChI is InChI=1S/C10H15NO/c1-5-9(2)12-10(3)7-6-8-11-4/h5-8,11H,1-2H2,3-4H3/b8-6-,10-7+. The summed E-state index contributed by atoms with van der Waals surface area (Å²) in [5, 5.41) is 2.87. The summed E-state index contributed by atoms with van der Waals surface area (Å²) in [5.74, 6) is 1.34. The van der Waals surface area contributed by atoms with Gasteiger partial charge in [-0.15, -0.1) is 0 Å². The monoisotopic (exact) mass is 165 g/mol. The highest BCUT2D eigenvalue weighted by atomic mass is 16.5. The van der Waals surface area contributed by atoms with E-state index in [1.165, 1.54) is 0 Å². The molecule has 66 valence electrons. The zero-order valence-corrected chi connectivity index (χ0v) is 7.63. The summed E-state index contributed by atoms with van der Waals surface area (Å²) in [6.45, 7) is 9.00. The maximum atomic E-state index is 5.22. The van der Waals surface area contributed by atoms with Crippen LogP contribution in [0.4, 0.5) is 0 Å². The summed E-state index contributed by atoms with van der Waals surface area (Å²) in [5.41, 5.74) is 0. The Morgan fingerprint density at radius 2 is 2.17 bits per heavy atom. The quantitative estimate of drug-likeness (QED) is 0.498. The van der Waals surface area contributed by atoms with Crippen LogP contribution in [0.3, 0.4) is 0 Å². The summed E-state index contributed by atoms with van der Waals surface area (Å²) < 4.78 is 5.22. The number of hydrogen-bond donors (Lipinski definition) is 1. The molecule has 1 N–H and O–H groups in total. The van der Waals surface area contributed by atoms with E-state index in [0.717, 1.165) is 5.76 Å². The van der Waals surface area contributed by atoms with E-state index in [1.807, 2.05) is 32.3 Å². The van der Waals surface area contributed by atoms with E-state index in [9.17, 15) is 0 Å². The molecule has 0 aromatic rings. The minimum Gasteiger partial charge on any atom is -0.463 e. The summed E-state index contributed by atoms with van der Waals surface area (Å²) >= 11 is 0. The van der Waals surface area contributed by atoms with Gasteiger partial charge in [-0.1, -0.05) is 13.2 Å². The van der Waals surface area contributed by atoms with Crippen molar-refractivity contribution in [2.45, 2.75) is 6.92 Å². The maximum Gasteiger partial charge on any atom is 0.119 e. The minimum atomic E-state index is 0.557. The molecule has 0 aliphatic carbocycles. The van der Waals surface area contributed by atoms with Gasteiger partial charge in [-0.25, -0.2) is 0 Å². The van der Waals surface area contributed by atoms with Crippen molar-refractivity contribution in [1.82, 2.24) is 5.32 Å². The number of hydrogen-bond acceptors (Lipinski definition) is 2. The number of ether oxygens (including phenoxy) is 1. The van der Waals surface area contributed by atoms with Crippen molar-refractivity contribution in [2.75, 3.05) is 7.05 Å². The van der Waals surface area contributed by atoms with Crippen LogP contribution >= 0.6 is 0 Å². The molecule has 0 radical (unpaired) electrons. The van der Waals surface area contributed by atoms with Gasteiger partial charge in [0, 0.05) is 7.05 Å². The summed E-state index contributed by atoms with van der Waals surface area (Å²) in [4.78, 5) is 0. The van der Waals surface area contributed by atoms with Crippen LogP contribution in [0.2, 0.25) is 0 Å². The van der Waals surface area contributed by atoms with Crippen LogP contribution in [0.25, 0.3) is 0 Å². The Kier molecular flexibility index (Phi) is 5.53. The topological polar surface area (TPSA) is 21.3 Å². The maximum absolute atomic E-state index is 5.22. The van der Waals surface area contributed by atoms with Gasteiger partial charge in [0.1, 0.15) is 11.5 Å². The van der Waals surface area contributed by atoms with Crippen molar-refractivity contribution >= 4 is 0 Å². The molecule has 2 heteroatoms. The molecule has 0 aliphatic rings. The highest BCUT2D eigenvalue weighted by molar-refractivity contribution is 5.11. The minimum absolute atomic E-state index is 0.557. The van der Waals surface area contributed by atoms with E-state index in [2.05, 4.69) is 18.5 Å². The van der Waals surface area contributed by atoms with Crippen LogP contribution < -0.4 is 5.32 Å². The fourth-order valence-corrected chi connectivity index (χ4v) is 0.562. The third kappa shape index (κ3) is 5.35. The molecular formula is C10H15NO. The van der Waals surface area contributed by atoms with Crippen LogP contribution in [0.15, 0.2) is 49.1 Å². The first-order valence-electron chi connectivity index (χ1n) is 3.70. The molecule has 2 nitrogen and oxygen atoms in total. The lowest BCUT2D eigenvalue weighted by Gasteiger charge is -2.02. The highest BCUT2D eigenvalue weighted by Gasteiger charge is 1.88. The predicted molar refractivity (Wildman–Crippen MR) is 52.4 cm³/mol. The fourth-order valence-electron chi connectivity index (χ4n) is 0.562. The number of allylic oxidation sites excluding steroid dienone is 4. The average Bonchev–Trinajstić information content (AvgIpc) is 2.05. The Labute approximate surface area is 73.9 Å². The fraction of sp³-hybridized carbons (Fsp3) is 0.200. The van der Waals surface area contributed by atoms with Crippen LogP contribution in [0.5, 0.6) is 0 Å². The summed E-state index contributed by atoms with van der Waals surface area (Å²) in [6, 6.07) is 0. The van der Waals surface area contributed by atoms with Crippen LogP contribution in [0.1, 0.15) is 6.92 Å². The van der Waals surface area contributed by atoms with Gasteiger partial charge in [-0.05, 0) is 31.4 Å². The van der Waals surface area contributed by atoms with Gasteiger partial charge in [0.2, 0.25) is 0 Å². The van der Waals surface area contributed by atoms with Gasteiger partial charge in [-0.2, -0.15) is 0 Å². The average molecular weight is 165 g/mol. The Morgan fingerprint density at radius 3 is 2.67 bits per heavy atom. The van der Waals surface area contributed by atoms with E-state index in [0.29, 0.717) is 5.76 Å². The molecule has 0 heterocycles. The third-order valence-corrected chi connectivity index (χ3v) is 1.11. The molecule has 0 saturated carbocycles. The first-order chi connectivity index (χ1) is 5.70. The normalized spacial score (nSPS) is 11.3. The molecule has 0 unspecified atom stereocenters.